The van der Waals surface area contributed by atoms with Crippen molar-refractivity contribution in [3.8, 4) is 0 Å². The number of nitrogens with one attached hydrogen (secondary N) is 1. The van der Waals surface area contributed by atoms with Crippen LogP contribution in [0.3, 0.4) is 0 Å². The van der Waals surface area contributed by atoms with Crippen LogP contribution >= 0.6 is 24.8 Å². The molecule has 1 unspecified atom stereocenters. The van der Waals surface area contributed by atoms with Crippen LogP contribution in [-0.2, 0) is 10.3 Å². The van der Waals surface area contributed by atoms with Gasteiger partial charge < -0.3 is 10.2 Å². The number of hydrogen-bond acceptors (Lipinski definition) is 4. The number of carbonyl (C=O) groups is 1. The maximum absolute atomic E-state index is 13.3. The summed E-state index contributed by atoms with van der Waals surface area (Å²) in [7, 11) is 1.96. The van der Waals surface area contributed by atoms with Crippen LogP contribution in [0.15, 0.2) is 18.5 Å². The highest BCUT2D eigenvalue weighted by molar-refractivity contribution is 5.85. The van der Waals surface area contributed by atoms with E-state index >= 15 is 0 Å². The lowest BCUT2D eigenvalue weighted by molar-refractivity contribution is -0.142. The summed E-state index contributed by atoms with van der Waals surface area (Å²) in [6.07, 6.45) is 7.76. The summed E-state index contributed by atoms with van der Waals surface area (Å²) >= 11 is 0. The van der Waals surface area contributed by atoms with Crippen molar-refractivity contribution in [2.24, 2.45) is 0 Å². The van der Waals surface area contributed by atoms with Gasteiger partial charge in [0.15, 0.2) is 0 Å². The molecule has 0 bridgehead atoms. The van der Waals surface area contributed by atoms with E-state index in [1.807, 2.05) is 28.9 Å². The zero-order valence-electron chi connectivity index (χ0n) is 15.2. The maximum Gasteiger partial charge on any atom is 0.250 e. The standard InChI is InChI=1S/C17H29N5O.2ClH/c1-3-21-12-4-6-15(21)14-20(2)16(23)17(7-10-18-11-8-17)22-13-5-9-19-22;;/h5,9,13,15,18H,3-4,6-8,10-12,14H2,1-2H3;2*1H. The maximum atomic E-state index is 13.3. The van der Waals surface area contributed by atoms with Crippen LogP contribution in [0, 0.1) is 0 Å². The van der Waals surface area contributed by atoms with Gasteiger partial charge in [-0.15, -0.1) is 24.8 Å². The molecular formula is C17H31Cl2N5O. The van der Waals surface area contributed by atoms with Gasteiger partial charge in [0.1, 0.15) is 5.54 Å². The van der Waals surface area contributed by atoms with Gasteiger partial charge in [0.05, 0.1) is 0 Å². The Bertz CT molecular complexity index is 519. The van der Waals surface area contributed by atoms with Crippen molar-refractivity contribution in [1.82, 2.24) is 24.9 Å². The van der Waals surface area contributed by atoms with Crippen LogP contribution in [0.5, 0.6) is 0 Å². The fourth-order valence-corrected chi connectivity index (χ4v) is 4.18. The minimum atomic E-state index is -0.515. The zero-order chi connectivity index (χ0) is 16.3. The number of halogens is 2. The van der Waals surface area contributed by atoms with Gasteiger partial charge in [-0.3, -0.25) is 14.4 Å². The Morgan fingerprint density at radius 1 is 1.36 bits per heavy atom. The van der Waals surface area contributed by atoms with Crippen molar-refractivity contribution in [2.45, 2.75) is 44.2 Å². The third kappa shape index (κ3) is 4.48. The Balaban J connectivity index is 0.00000156. The Hall–Kier alpha value is -0.820. The largest absolute Gasteiger partial charge is 0.342 e. The molecule has 1 atom stereocenters. The average Bonchev–Trinajstić information content (AvgIpc) is 3.26. The van der Waals surface area contributed by atoms with Crippen molar-refractivity contribution in [3.63, 3.8) is 0 Å². The molecule has 2 saturated heterocycles. The molecule has 1 aromatic heterocycles. The van der Waals surface area contributed by atoms with E-state index in [0.29, 0.717) is 6.04 Å². The highest BCUT2D eigenvalue weighted by Gasteiger charge is 2.44. The molecule has 1 N–H and O–H groups in total. The number of nitrogens with zero attached hydrogens (tertiary/aromatic N) is 4. The number of likely N-dealkylation sites (tertiary alicyclic amines) is 1. The number of amides is 1. The van der Waals surface area contributed by atoms with Crippen molar-refractivity contribution in [2.75, 3.05) is 39.8 Å². The van der Waals surface area contributed by atoms with E-state index in [2.05, 4.69) is 22.2 Å². The number of piperidine rings is 1. The normalized spacial score (nSPS) is 22.7. The van der Waals surface area contributed by atoms with Crippen molar-refractivity contribution in [1.29, 1.82) is 0 Å². The smallest absolute Gasteiger partial charge is 0.250 e. The molecule has 3 heterocycles. The summed E-state index contributed by atoms with van der Waals surface area (Å²) < 4.78 is 1.89. The molecule has 0 aliphatic carbocycles. The van der Waals surface area contributed by atoms with Gasteiger partial charge in [-0.2, -0.15) is 5.10 Å². The van der Waals surface area contributed by atoms with Gasteiger partial charge in [0, 0.05) is 32.0 Å². The lowest BCUT2D eigenvalue weighted by Crippen LogP contribution is -2.56. The first-order chi connectivity index (χ1) is 11.2. The molecular weight excluding hydrogens is 361 g/mol. The van der Waals surface area contributed by atoms with E-state index < -0.39 is 5.54 Å². The van der Waals surface area contributed by atoms with Crippen LogP contribution < -0.4 is 5.32 Å². The molecule has 1 aromatic rings. The van der Waals surface area contributed by atoms with Crippen molar-refractivity contribution < 1.29 is 4.79 Å². The van der Waals surface area contributed by atoms with Crippen LogP contribution in [0.1, 0.15) is 32.6 Å². The van der Waals surface area contributed by atoms with Gasteiger partial charge in [-0.1, -0.05) is 6.92 Å². The summed E-state index contributed by atoms with van der Waals surface area (Å²) in [5.74, 6) is 0.214. The predicted octanol–water partition coefficient (Wildman–Crippen LogP) is 1.75. The second-order valence-electron chi connectivity index (χ2n) is 6.84. The first-order valence-corrected chi connectivity index (χ1v) is 8.88. The predicted molar refractivity (Wildman–Crippen MR) is 105 cm³/mol. The molecule has 25 heavy (non-hydrogen) atoms. The SMILES string of the molecule is CCN1CCCC1CN(C)C(=O)C1(n2cccn2)CCNCC1.Cl.Cl. The van der Waals surface area contributed by atoms with Crippen molar-refractivity contribution in [3.05, 3.63) is 18.5 Å². The van der Waals surface area contributed by atoms with Gasteiger partial charge in [0.25, 0.3) is 0 Å². The second-order valence-corrected chi connectivity index (χ2v) is 6.84. The molecule has 144 valence electrons. The molecule has 3 rings (SSSR count). The molecule has 6 nitrogen and oxygen atoms in total. The van der Waals surface area contributed by atoms with Crippen LogP contribution in [0.4, 0.5) is 0 Å². The molecule has 0 saturated carbocycles. The number of rotatable bonds is 5. The second kappa shape index (κ2) is 9.76. The Morgan fingerprint density at radius 2 is 2.08 bits per heavy atom. The summed E-state index contributed by atoms with van der Waals surface area (Å²) in [4.78, 5) is 17.8. The third-order valence-corrected chi connectivity index (χ3v) is 5.51. The summed E-state index contributed by atoms with van der Waals surface area (Å²) in [5, 5.41) is 7.77. The van der Waals surface area contributed by atoms with Gasteiger partial charge >= 0.3 is 0 Å². The lowest BCUT2D eigenvalue weighted by atomic mass is 9.86. The van der Waals surface area contributed by atoms with E-state index in [9.17, 15) is 4.79 Å². The van der Waals surface area contributed by atoms with Crippen LogP contribution in [0.25, 0.3) is 0 Å². The van der Waals surface area contributed by atoms with E-state index in [4.69, 9.17) is 0 Å². The molecule has 8 heteroatoms. The molecule has 2 aliphatic rings. The van der Waals surface area contributed by atoms with E-state index in [1.165, 1.54) is 12.8 Å². The molecule has 2 aliphatic heterocycles. The summed E-state index contributed by atoms with van der Waals surface area (Å²) in [6, 6.07) is 2.41. The number of likely N-dealkylation sites (N-methyl/N-ethyl adjacent to an activating group) is 2. The lowest BCUT2D eigenvalue weighted by Gasteiger charge is -2.40. The van der Waals surface area contributed by atoms with Gasteiger partial charge in [0.2, 0.25) is 5.91 Å². The minimum absolute atomic E-state index is 0. The Kier molecular flexibility index (Phi) is 8.68. The number of carbonyl (C=O) groups excluding carboxylic acids is 1. The third-order valence-electron chi connectivity index (χ3n) is 5.51. The van der Waals surface area contributed by atoms with E-state index in [-0.39, 0.29) is 30.7 Å². The zero-order valence-corrected chi connectivity index (χ0v) is 16.8. The topological polar surface area (TPSA) is 53.4 Å². The molecule has 0 aromatic carbocycles. The quantitative estimate of drug-likeness (QED) is 0.830. The van der Waals surface area contributed by atoms with Crippen LogP contribution in [0.2, 0.25) is 0 Å². The van der Waals surface area contributed by atoms with E-state index in [1.54, 1.807) is 6.20 Å². The van der Waals surface area contributed by atoms with Gasteiger partial charge in [-0.05, 0) is 57.9 Å². The summed E-state index contributed by atoms with van der Waals surface area (Å²) in [5.41, 5.74) is -0.515. The summed E-state index contributed by atoms with van der Waals surface area (Å²) in [6.45, 7) is 6.99. The van der Waals surface area contributed by atoms with Crippen LogP contribution in [-0.4, -0.2) is 71.3 Å². The number of aromatic nitrogens is 2. The first-order valence-electron chi connectivity index (χ1n) is 8.88. The molecule has 2 fully saturated rings. The fraction of sp³-hybridized carbons (Fsp3) is 0.765. The minimum Gasteiger partial charge on any atom is -0.342 e. The highest BCUT2D eigenvalue weighted by atomic mass is 35.5. The molecule has 1 amide bonds. The van der Waals surface area contributed by atoms with Gasteiger partial charge in [-0.25, -0.2) is 0 Å². The fourth-order valence-electron chi connectivity index (χ4n) is 4.18. The van der Waals surface area contributed by atoms with Crippen molar-refractivity contribution >= 4 is 30.7 Å². The Labute approximate surface area is 163 Å². The first kappa shape index (κ1) is 22.2. The average molecular weight is 392 g/mol. The molecule has 0 spiro atoms. The monoisotopic (exact) mass is 391 g/mol. The molecule has 0 radical (unpaired) electrons. The highest BCUT2D eigenvalue weighted by Crippen LogP contribution is 2.29. The Morgan fingerprint density at radius 3 is 2.68 bits per heavy atom. The number of hydrogen-bond donors (Lipinski definition) is 1. The van der Waals surface area contributed by atoms with E-state index in [0.717, 1.165) is 45.6 Å².